The van der Waals surface area contributed by atoms with Gasteiger partial charge in [-0.25, -0.2) is 8.78 Å². The Morgan fingerprint density at radius 2 is 1.74 bits per heavy atom. The molecule has 2 aromatic rings. The van der Waals surface area contributed by atoms with Crippen molar-refractivity contribution < 1.29 is 27.8 Å². The summed E-state index contributed by atoms with van der Waals surface area (Å²) in [6.07, 6.45) is 2.96. The van der Waals surface area contributed by atoms with E-state index in [0.717, 1.165) is 62.5 Å². The van der Waals surface area contributed by atoms with Gasteiger partial charge in [0.2, 0.25) is 0 Å². The van der Waals surface area contributed by atoms with Crippen molar-refractivity contribution in [3.63, 3.8) is 0 Å². The quantitative estimate of drug-likeness (QED) is 0.520. The third-order valence-corrected chi connectivity index (χ3v) is 7.33. The van der Waals surface area contributed by atoms with Gasteiger partial charge in [0.25, 0.3) is 0 Å². The molecule has 0 aromatic heterocycles. The van der Waals surface area contributed by atoms with Crippen LogP contribution in [0, 0.1) is 17.6 Å². The van der Waals surface area contributed by atoms with Crippen LogP contribution < -0.4 is 9.47 Å². The minimum absolute atomic E-state index is 0.206. The topological polar surface area (TPSA) is 51.2 Å². The van der Waals surface area contributed by atoms with Crippen LogP contribution >= 0.6 is 0 Å². The first kappa shape index (κ1) is 25.4. The van der Waals surface area contributed by atoms with Crippen molar-refractivity contribution in [3.8, 4) is 11.5 Å². The van der Waals surface area contributed by atoms with E-state index >= 15 is 0 Å². The fraction of sp³-hybridized carbons (Fsp3) is 0.519. The van der Waals surface area contributed by atoms with E-state index in [-0.39, 0.29) is 11.9 Å². The maximum absolute atomic E-state index is 13.7. The van der Waals surface area contributed by atoms with Gasteiger partial charge in [-0.15, -0.1) is 0 Å². The number of hydrogen-bond acceptors (Lipinski definition) is 6. The summed E-state index contributed by atoms with van der Waals surface area (Å²) in [5.74, 6) is -0.114. The standard InChI is InChI=1S/C27H34F2N2O4/c1-33-25-13-19-8-11-31(17-21(19)14-26(25)34-2)24-9-10-30(16-20(24)5-7-27(32)35-3)15-18-4-6-22(28)23(29)12-18/h4,6,12-14,20,24H,5,7-11,15-17H2,1-3H3/t20-,24+/m0/s1. The van der Waals surface area contributed by atoms with Crippen molar-refractivity contribution in [1.29, 1.82) is 0 Å². The SMILES string of the molecule is COC(=O)CC[C@H]1CN(Cc2ccc(F)c(F)c2)CC[C@H]1N1CCc2cc(OC)c(OC)cc2C1. The third kappa shape index (κ3) is 5.93. The molecule has 0 spiro atoms. The summed E-state index contributed by atoms with van der Waals surface area (Å²) >= 11 is 0. The van der Waals surface area contributed by atoms with Gasteiger partial charge in [0.15, 0.2) is 23.1 Å². The second-order valence-corrected chi connectivity index (χ2v) is 9.41. The first-order valence-corrected chi connectivity index (χ1v) is 12.1. The molecule has 0 amide bonds. The summed E-state index contributed by atoms with van der Waals surface area (Å²) in [6, 6.07) is 8.56. The van der Waals surface area contributed by atoms with Crippen molar-refractivity contribution in [3.05, 3.63) is 58.7 Å². The molecule has 1 saturated heterocycles. The van der Waals surface area contributed by atoms with Gasteiger partial charge in [-0.05, 0) is 72.7 Å². The van der Waals surface area contributed by atoms with Crippen molar-refractivity contribution in [2.45, 2.75) is 44.8 Å². The van der Waals surface area contributed by atoms with Crippen molar-refractivity contribution in [1.82, 2.24) is 9.80 Å². The summed E-state index contributed by atoms with van der Waals surface area (Å²) < 4.78 is 42.9. The fourth-order valence-corrected chi connectivity index (χ4v) is 5.49. The zero-order chi connectivity index (χ0) is 24.9. The van der Waals surface area contributed by atoms with E-state index in [2.05, 4.69) is 21.9 Å². The van der Waals surface area contributed by atoms with Gasteiger partial charge in [-0.2, -0.15) is 0 Å². The van der Waals surface area contributed by atoms with Crippen LogP contribution in [-0.2, 0) is 29.0 Å². The average molecular weight is 489 g/mol. The number of esters is 1. The van der Waals surface area contributed by atoms with Crippen LogP contribution in [0.2, 0.25) is 0 Å². The van der Waals surface area contributed by atoms with Gasteiger partial charge in [0.05, 0.1) is 21.3 Å². The molecule has 35 heavy (non-hydrogen) atoms. The van der Waals surface area contributed by atoms with Crippen LogP contribution in [0.1, 0.15) is 36.0 Å². The minimum atomic E-state index is -0.831. The minimum Gasteiger partial charge on any atom is -0.493 e. The molecule has 2 aliphatic heterocycles. The molecule has 4 rings (SSSR count). The summed E-state index contributed by atoms with van der Waals surface area (Å²) in [5.41, 5.74) is 3.27. The molecule has 190 valence electrons. The molecule has 0 aliphatic carbocycles. The Bertz CT molecular complexity index is 1050. The molecule has 0 N–H and O–H groups in total. The molecule has 1 fully saturated rings. The number of carbonyl (C=O) groups is 1. The Balaban J connectivity index is 1.49. The number of likely N-dealkylation sites (tertiary alicyclic amines) is 1. The van der Waals surface area contributed by atoms with Crippen LogP contribution in [0.4, 0.5) is 8.78 Å². The van der Waals surface area contributed by atoms with Gasteiger partial charge in [-0.1, -0.05) is 6.07 Å². The van der Waals surface area contributed by atoms with Crippen molar-refractivity contribution >= 4 is 5.97 Å². The third-order valence-electron chi connectivity index (χ3n) is 7.33. The van der Waals surface area contributed by atoms with E-state index in [1.165, 1.54) is 30.4 Å². The maximum Gasteiger partial charge on any atom is 0.305 e. The van der Waals surface area contributed by atoms with Gasteiger partial charge >= 0.3 is 5.97 Å². The Morgan fingerprint density at radius 1 is 1.00 bits per heavy atom. The number of benzene rings is 2. The van der Waals surface area contributed by atoms with E-state index in [4.69, 9.17) is 14.2 Å². The molecule has 0 bridgehead atoms. The molecular weight excluding hydrogens is 454 g/mol. The molecule has 2 atom stereocenters. The lowest BCUT2D eigenvalue weighted by atomic mass is 9.85. The van der Waals surface area contributed by atoms with Crippen LogP contribution in [0.5, 0.6) is 11.5 Å². The fourth-order valence-electron chi connectivity index (χ4n) is 5.49. The number of ether oxygens (including phenoxy) is 3. The normalized spacial score (nSPS) is 20.8. The highest BCUT2D eigenvalue weighted by Gasteiger charge is 2.35. The van der Waals surface area contributed by atoms with Gasteiger partial charge in [0, 0.05) is 38.6 Å². The summed E-state index contributed by atoms with van der Waals surface area (Å²) in [6.45, 7) is 3.95. The lowest BCUT2D eigenvalue weighted by Gasteiger charge is -2.45. The number of nitrogens with zero attached hydrogens (tertiary/aromatic N) is 2. The number of methoxy groups -OCH3 is 3. The second kappa shape index (κ2) is 11.4. The lowest BCUT2D eigenvalue weighted by Crippen LogP contribution is -2.52. The van der Waals surface area contributed by atoms with Crippen LogP contribution in [0.15, 0.2) is 30.3 Å². The van der Waals surface area contributed by atoms with E-state index in [9.17, 15) is 13.6 Å². The Morgan fingerprint density at radius 3 is 2.43 bits per heavy atom. The van der Waals surface area contributed by atoms with Gasteiger partial charge < -0.3 is 14.2 Å². The van der Waals surface area contributed by atoms with Crippen LogP contribution in [0.3, 0.4) is 0 Å². The average Bonchev–Trinajstić information content (AvgIpc) is 2.88. The summed E-state index contributed by atoms with van der Waals surface area (Å²) in [7, 11) is 4.72. The van der Waals surface area contributed by atoms with Crippen LogP contribution in [0.25, 0.3) is 0 Å². The molecule has 2 aromatic carbocycles. The molecule has 6 nitrogen and oxygen atoms in total. The molecular formula is C27H34F2N2O4. The molecule has 8 heteroatoms. The van der Waals surface area contributed by atoms with Gasteiger partial charge in [-0.3, -0.25) is 14.6 Å². The number of hydrogen-bond donors (Lipinski definition) is 0. The van der Waals surface area contributed by atoms with E-state index in [1.54, 1.807) is 20.3 Å². The Hall–Kier alpha value is -2.71. The predicted molar refractivity (Wildman–Crippen MR) is 128 cm³/mol. The smallest absolute Gasteiger partial charge is 0.305 e. The lowest BCUT2D eigenvalue weighted by molar-refractivity contribution is -0.141. The van der Waals surface area contributed by atoms with Gasteiger partial charge in [0.1, 0.15) is 0 Å². The van der Waals surface area contributed by atoms with Crippen molar-refractivity contribution in [2.24, 2.45) is 5.92 Å². The molecule has 2 aliphatic rings. The molecule has 0 saturated carbocycles. The monoisotopic (exact) mass is 488 g/mol. The Kier molecular flexibility index (Phi) is 8.23. The predicted octanol–water partition coefficient (Wildman–Crippen LogP) is 4.18. The maximum atomic E-state index is 13.7. The number of halogens is 2. The van der Waals surface area contributed by atoms with Crippen LogP contribution in [-0.4, -0.2) is 62.8 Å². The highest BCUT2D eigenvalue weighted by atomic mass is 19.2. The van der Waals surface area contributed by atoms with E-state index < -0.39 is 11.6 Å². The largest absolute Gasteiger partial charge is 0.493 e. The van der Waals surface area contributed by atoms with E-state index in [0.29, 0.717) is 19.0 Å². The molecule has 2 heterocycles. The molecule has 0 radical (unpaired) electrons. The number of rotatable bonds is 8. The van der Waals surface area contributed by atoms with E-state index in [1.807, 2.05) is 0 Å². The zero-order valence-corrected chi connectivity index (χ0v) is 20.7. The number of fused-ring (bicyclic) bond motifs is 1. The Labute approximate surface area is 205 Å². The first-order valence-electron chi connectivity index (χ1n) is 12.1. The number of piperidine rings is 1. The second-order valence-electron chi connectivity index (χ2n) is 9.41. The first-order chi connectivity index (χ1) is 16.9. The molecule has 0 unspecified atom stereocenters. The number of carbonyl (C=O) groups excluding carboxylic acids is 1. The van der Waals surface area contributed by atoms with Crippen molar-refractivity contribution in [2.75, 3.05) is 41.0 Å². The summed E-state index contributed by atoms with van der Waals surface area (Å²) in [5, 5.41) is 0. The summed E-state index contributed by atoms with van der Waals surface area (Å²) in [4.78, 5) is 16.7. The highest BCUT2D eigenvalue weighted by Crippen LogP contribution is 2.36. The zero-order valence-electron chi connectivity index (χ0n) is 20.7. The highest BCUT2D eigenvalue weighted by molar-refractivity contribution is 5.69.